The first-order valence-electron chi connectivity index (χ1n) is 11.8. The van der Waals surface area contributed by atoms with Crippen LogP contribution in [-0.2, 0) is 13.0 Å². The number of hydrogen-bond donors (Lipinski definition) is 1. The number of imidazole rings is 1. The molecule has 8 heteroatoms. The number of aromatic nitrogens is 7. The van der Waals surface area contributed by atoms with E-state index in [1.54, 1.807) is 12.4 Å². The second kappa shape index (κ2) is 9.52. The van der Waals surface area contributed by atoms with Gasteiger partial charge in [-0.25, -0.2) is 4.79 Å². The zero-order chi connectivity index (χ0) is 22.6. The Bertz CT molecular complexity index is 1250. The average Bonchev–Trinajstić information content (AvgIpc) is 3.50. The van der Waals surface area contributed by atoms with Gasteiger partial charge in [0.1, 0.15) is 0 Å². The summed E-state index contributed by atoms with van der Waals surface area (Å²) >= 11 is 0. The van der Waals surface area contributed by atoms with E-state index < -0.39 is 0 Å². The predicted octanol–water partition coefficient (Wildman–Crippen LogP) is 4.40. The van der Waals surface area contributed by atoms with Crippen LogP contribution in [0.3, 0.4) is 0 Å². The number of nitrogens with zero attached hydrogens (tertiary/aromatic N) is 6. The lowest BCUT2D eigenvalue weighted by Crippen LogP contribution is -2.29. The van der Waals surface area contributed by atoms with Crippen molar-refractivity contribution in [1.29, 1.82) is 0 Å². The summed E-state index contributed by atoms with van der Waals surface area (Å²) in [6.45, 7) is 2.75. The molecule has 0 atom stereocenters. The number of rotatable bonds is 7. The lowest BCUT2D eigenvalue weighted by molar-refractivity contribution is 0.344. The van der Waals surface area contributed by atoms with Crippen LogP contribution >= 0.6 is 0 Å². The third-order valence-corrected chi connectivity index (χ3v) is 6.57. The van der Waals surface area contributed by atoms with Gasteiger partial charge in [0.15, 0.2) is 0 Å². The molecule has 5 rings (SSSR count). The molecule has 1 aromatic carbocycles. The average molecular weight is 444 g/mol. The topological polar surface area (TPSA) is 94.3 Å². The Morgan fingerprint density at radius 2 is 1.88 bits per heavy atom. The van der Waals surface area contributed by atoms with E-state index >= 15 is 0 Å². The van der Waals surface area contributed by atoms with Gasteiger partial charge in [-0.3, -0.25) is 14.1 Å². The summed E-state index contributed by atoms with van der Waals surface area (Å²) in [5.74, 6) is 0.516. The molecule has 8 nitrogen and oxygen atoms in total. The first kappa shape index (κ1) is 21.3. The molecule has 1 N–H and O–H groups in total. The molecular formula is C25H29N7O. The fraction of sp³-hybridized carbons (Fsp3) is 0.400. The highest BCUT2D eigenvalue weighted by Gasteiger charge is 2.20. The van der Waals surface area contributed by atoms with Gasteiger partial charge >= 0.3 is 5.69 Å². The summed E-state index contributed by atoms with van der Waals surface area (Å²) in [6.07, 6.45) is 13.5. The zero-order valence-electron chi connectivity index (χ0n) is 18.9. The van der Waals surface area contributed by atoms with Crippen molar-refractivity contribution in [3.63, 3.8) is 0 Å². The van der Waals surface area contributed by atoms with Gasteiger partial charge < -0.3 is 0 Å². The largest absolute Gasteiger partial charge is 0.328 e. The minimum absolute atomic E-state index is 0.128. The van der Waals surface area contributed by atoms with Crippen molar-refractivity contribution < 1.29 is 0 Å². The van der Waals surface area contributed by atoms with Crippen LogP contribution in [0.2, 0.25) is 0 Å². The van der Waals surface area contributed by atoms with E-state index in [4.69, 9.17) is 0 Å². The van der Waals surface area contributed by atoms with E-state index in [2.05, 4.69) is 63.0 Å². The summed E-state index contributed by atoms with van der Waals surface area (Å²) in [4.78, 5) is 17.5. The van der Waals surface area contributed by atoms with Gasteiger partial charge in [-0.2, -0.15) is 5.21 Å². The van der Waals surface area contributed by atoms with E-state index in [0.717, 1.165) is 53.6 Å². The first-order chi connectivity index (χ1) is 16.2. The smallest absolute Gasteiger partial charge is 0.296 e. The number of hydrogen-bond acceptors (Lipinski definition) is 5. The Morgan fingerprint density at radius 3 is 2.61 bits per heavy atom. The number of pyridine rings is 1. The van der Waals surface area contributed by atoms with Crippen LogP contribution < -0.4 is 5.69 Å². The molecule has 0 amide bonds. The van der Waals surface area contributed by atoms with Crippen molar-refractivity contribution >= 4 is 0 Å². The normalized spacial score (nSPS) is 14.6. The second-order valence-corrected chi connectivity index (χ2v) is 8.79. The van der Waals surface area contributed by atoms with Gasteiger partial charge in [-0.05, 0) is 47.2 Å². The molecule has 0 radical (unpaired) electrons. The highest BCUT2D eigenvalue weighted by Crippen LogP contribution is 2.30. The Hall–Kier alpha value is -3.55. The SMILES string of the molecule is CCCc1cn(C2CCCCC2)c(=O)n1Cc1ccc(-c2ccncc2-c2nn[nH]n2)cc1. The molecule has 1 fully saturated rings. The summed E-state index contributed by atoms with van der Waals surface area (Å²) in [7, 11) is 0. The van der Waals surface area contributed by atoms with E-state index in [9.17, 15) is 4.79 Å². The van der Waals surface area contributed by atoms with Gasteiger partial charge in [0.05, 0.1) is 6.54 Å². The van der Waals surface area contributed by atoms with Crippen LogP contribution in [0.1, 0.15) is 62.7 Å². The molecule has 0 bridgehead atoms. The highest BCUT2D eigenvalue weighted by molar-refractivity contribution is 5.79. The Labute approximate surface area is 192 Å². The van der Waals surface area contributed by atoms with E-state index in [1.165, 1.54) is 19.3 Å². The van der Waals surface area contributed by atoms with Gasteiger partial charge in [-0.15, -0.1) is 10.2 Å². The molecular weight excluding hydrogens is 414 g/mol. The molecule has 1 aliphatic rings. The summed E-state index contributed by atoms with van der Waals surface area (Å²) < 4.78 is 3.97. The molecule has 0 unspecified atom stereocenters. The number of benzene rings is 1. The quantitative estimate of drug-likeness (QED) is 0.457. The molecule has 33 heavy (non-hydrogen) atoms. The Balaban J connectivity index is 1.42. The molecule has 170 valence electrons. The van der Waals surface area contributed by atoms with E-state index in [0.29, 0.717) is 18.4 Å². The molecule has 1 saturated carbocycles. The summed E-state index contributed by atoms with van der Waals surface area (Å²) in [5.41, 5.74) is 5.22. The standard InChI is InChI=1S/C25H29N7O/c1-2-6-21-17-32(20-7-4-3-5-8-20)25(33)31(21)16-18-9-11-19(12-10-18)22-13-14-26-15-23(22)24-27-29-30-28-24/h9-15,17,20H,2-8,16H2,1H3,(H,27,28,29,30). The van der Waals surface area contributed by atoms with Crippen LogP contribution in [0.15, 0.2) is 53.7 Å². The Kier molecular flexibility index (Phi) is 6.15. The molecule has 1 aliphatic carbocycles. The van der Waals surface area contributed by atoms with Gasteiger partial charge in [0.2, 0.25) is 5.82 Å². The van der Waals surface area contributed by atoms with Gasteiger partial charge in [0, 0.05) is 35.9 Å². The molecule has 0 saturated heterocycles. The third-order valence-electron chi connectivity index (χ3n) is 6.57. The van der Waals surface area contributed by atoms with E-state index in [-0.39, 0.29) is 5.69 Å². The molecule has 3 heterocycles. The summed E-state index contributed by atoms with van der Waals surface area (Å²) in [5, 5.41) is 14.4. The molecule has 0 spiro atoms. The fourth-order valence-electron chi connectivity index (χ4n) is 4.87. The van der Waals surface area contributed by atoms with Crippen LogP contribution in [0.5, 0.6) is 0 Å². The minimum Gasteiger partial charge on any atom is -0.296 e. The van der Waals surface area contributed by atoms with Crippen LogP contribution in [-0.4, -0.2) is 34.7 Å². The van der Waals surface area contributed by atoms with E-state index in [1.807, 2.05) is 15.2 Å². The van der Waals surface area contributed by atoms with Gasteiger partial charge in [-0.1, -0.05) is 56.9 Å². The number of nitrogens with one attached hydrogen (secondary N) is 1. The second-order valence-electron chi connectivity index (χ2n) is 8.79. The maximum atomic E-state index is 13.3. The lowest BCUT2D eigenvalue weighted by Gasteiger charge is -2.22. The van der Waals surface area contributed by atoms with Crippen LogP contribution in [0.4, 0.5) is 0 Å². The maximum Gasteiger partial charge on any atom is 0.328 e. The number of H-pyrrole nitrogens is 1. The number of aryl methyl sites for hydroxylation is 1. The van der Waals surface area contributed by atoms with Crippen molar-refractivity contribution in [3.05, 3.63) is 70.7 Å². The molecule has 4 aromatic rings. The van der Waals surface area contributed by atoms with Crippen LogP contribution in [0, 0.1) is 0 Å². The number of tetrazole rings is 1. The monoisotopic (exact) mass is 443 g/mol. The predicted molar refractivity (Wildman–Crippen MR) is 127 cm³/mol. The van der Waals surface area contributed by atoms with Crippen molar-refractivity contribution in [3.8, 4) is 22.5 Å². The highest BCUT2D eigenvalue weighted by atomic mass is 16.1. The van der Waals surface area contributed by atoms with Crippen molar-refractivity contribution in [2.45, 2.75) is 64.5 Å². The number of aromatic amines is 1. The fourth-order valence-corrected chi connectivity index (χ4v) is 4.87. The minimum atomic E-state index is 0.128. The van der Waals surface area contributed by atoms with Crippen molar-refractivity contribution in [2.75, 3.05) is 0 Å². The van der Waals surface area contributed by atoms with Crippen LogP contribution in [0.25, 0.3) is 22.5 Å². The Morgan fingerprint density at radius 1 is 1.06 bits per heavy atom. The van der Waals surface area contributed by atoms with Crippen molar-refractivity contribution in [1.82, 2.24) is 34.7 Å². The lowest BCUT2D eigenvalue weighted by atomic mass is 9.95. The molecule has 0 aliphatic heterocycles. The maximum absolute atomic E-state index is 13.3. The summed E-state index contributed by atoms with van der Waals surface area (Å²) in [6, 6.07) is 10.6. The third kappa shape index (κ3) is 4.37. The van der Waals surface area contributed by atoms with Crippen molar-refractivity contribution in [2.24, 2.45) is 0 Å². The molecule has 3 aromatic heterocycles. The zero-order valence-corrected chi connectivity index (χ0v) is 18.9. The van der Waals surface area contributed by atoms with Gasteiger partial charge in [0.25, 0.3) is 0 Å². The first-order valence-corrected chi connectivity index (χ1v) is 11.8.